The fourth-order valence-corrected chi connectivity index (χ4v) is 0.494. The van der Waals surface area contributed by atoms with Crippen LogP contribution in [0.4, 0.5) is 0 Å². The zero-order chi connectivity index (χ0) is 5.98. The average Bonchev–Trinajstić information content (AvgIpc) is 1.64. The van der Waals surface area contributed by atoms with Gasteiger partial charge in [0.1, 0.15) is 4.64 Å². The van der Waals surface area contributed by atoms with Gasteiger partial charge in [-0.15, -0.1) is 0 Å². The van der Waals surface area contributed by atoms with Gasteiger partial charge in [-0.05, 0) is 0 Å². The zero-order valence-electron chi connectivity index (χ0n) is 3.89. The molecule has 1 radical (unpaired) electrons. The fourth-order valence-electron chi connectivity index (χ4n) is 0.342. The summed E-state index contributed by atoms with van der Waals surface area (Å²) in [5, 5.41) is 0. The van der Waals surface area contributed by atoms with E-state index in [0.29, 0.717) is 4.64 Å². The molecular weight excluding hydrogens is 124 g/mol. The number of aromatic nitrogens is 2. The normalized spacial score (nSPS) is 9.00. The molecule has 0 atom stereocenters. The van der Waals surface area contributed by atoms with E-state index in [1.165, 1.54) is 6.20 Å². The average molecular weight is 127 g/mol. The molecule has 0 spiro atoms. The molecule has 0 aliphatic carbocycles. The number of rotatable bonds is 0. The van der Waals surface area contributed by atoms with Gasteiger partial charge in [-0.3, -0.25) is 4.98 Å². The van der Waals surface area contributed by atoms with Crippen molar-refractivity contribution in [3.8, 4) is 0 Å². The molecule has 0 unspecified atom stereocenters. The Bertz CT molecular complexity index is 248. The summed E-state index contributed by atoms with van der Waals surface area (Å²) in [6, 6.07) is 2.58. The molecule has 41 valence electrons. The monoisotopic (exact) mass is 127 g/mol. The second-order valence-corrected chi connectivity index (χ2v) is 1.62. The Kier molecular flexibility index (Phi) is 1.26. The van der Waals surface area contributed by atoms with Crippen LogP contribution in [-0.4, -0.2) is 9.97 Å². The molecule has 0 aliphatic heterocycles. The van der Waals surface area contributed by atoms with Crippen molar-refractivity contribution >= 4 is 12.2 Å². The van der Waals surface area contributed by atoms with E-state index < -0.39 is 0 Å². The third-order valence-corrected chi connectivity index (χ3v) is 0.854. The standard InChI is InChI=1S/C4H3N2OS/c7-4-5-2-1-3(8)6-4/h2H,(H2,5,6,7,8). The molecule has 0 fully saturated rings. The van der Waals surface area contributed by atoms with Gasteiger partial charge in [-0.25, -0.2) is 4.79 Å². The summed E-state index contributed by atoms with van der Waals surface area (Å²) in [7, 11) is 0. The number of H-pyrrole nitrogens is 2. The van der Waals surface area contributed by atoms with Crippen LogP contribution in [0.5, 0.6) is 0 Å². The lowest BCUT2D eigenvalue weighted by molar-refractivity contribution is 1.06. The lowest BCUT2D eigenvalue weighted by atomic mass is 10.7. The van der Waals surface area contributed by atoms with Gasteiger partial charge in [0, 0.05) is 12.3 Å². The summed E-state index contributed by atoms with van der Waals surface area (Å²) in [4.78, 5) is 14.9. The summed E-state index contributed by atoms with van der Waals surface area (Å²) < 4.78 is 0.328. The predicted molar refractivity (Wildman–Crippen MR) is 31.1 cm³/mol. The SMILES string of the molecule is O=c1[nH]c[c]c(=S)[nH]1. The first-order valence-corrected chi connectivity index (χ1v) is 2.39. The van der Waals surface area contributed by atoms with Crippen LogP contribution < -0.4 is 5.69 Å². The van der Waals surface area contributed by atoms with E-state index in [4.69, 9.17) is 0 Å². The maximum absolute atomic E-state index is 10.3. The molecule has 0 bridgehead atoms. The van der Waals surface area contributed by atoms with Gasteiger partial charge in [-0.2, -0.15) is 0 Å². The number of aromatic amines is 2. The Labute approximate surface area is 50.4 Å². The van der Waals surface area contributed by atoms with Gasteiger partial charge in [0.15, 0.2) is 0 Å². The second-order valence-electron chi connectivity index (χ2n) is 1.22. The summed E-state index contributed by atoms with van der Waals surface area (Å²) in [5.41, 5.74) is -0.297. The lowest BCUT2D eigenvalue weighted by Gasteiger charge is -1.77. The Morgan fingerprint density at radius 3 is 2.88 bits per heavy atom. The maximum Gasteiger partial charge on any atom is 0.323 e. The third kappa shape index (κ3) is 1.04. The van der Waals surface area contributed by atoms with Gasteiger partial charge >= 0.3 is 5.69 Å². The molecule has 0 saturated heterocycles. The van der Waals surface area contributed by atoms with Crippen LogP contribution in [0.2, 0.25) is 0 Å². The molecule has 2 N–H and O–H groups in total. The van der Waals surface area contributed by atoms with E-state index in [1.54, 1.807) is 0 Å². The number of nitrogens with one attached hydrogen (secondary N) is 2. The molecule has 0 aromatic carbocycles. The van der Waals surface area contributed by atoms with Crippen molar-refractivity contribution in [2.45, 2.75) is 0 Å². The van der Waals surface area contributed by atoms with Crippen molar-refractivity contribution in [3.05, 3.63) is 27.4 Å². The van der Waals surface area contributed by atoms with Crippen molar-refractivity contribution in [2.24, 2.45) is 0 Å². The first kappa shape index (κ1) is 5.24. The topological polar surface area (TPSA) is 48.6 Å². The third-order valence-electron chi connectivity index (χ3n) is 0.634. The van der Waals surface area contributed by atoms with Crippen molar-refractivity contribution in [3.63, 3.8) is 0 Å². The predicted octanol–water partition coefficient (Wildman–Crippen LogP) is 0.233. The van der Waals surface area contributed by atoms with E-state index >= 15 is 0 Å². The summed E-state index contributed by atoms with van der Waals surface area (Å²) in [5.74, 6) is 0. The van der Waals surface area contributed by atoms with Gasteiger partial charge in [0.05, 0.1) is 0 Å². The molecule has 1 aromatic heterocycles. The van der Waals surface area contributed by atoms with Crippen LogP contribution in [0.1, 0.15) is 0 Å². The minimum absolute atomic E-state index is 0.297. The highest BCUT2D eigenvalue weighted by Crippen LogP contribution is 1.70. The minimum atomic E-state index is -0.297. The molecule has 1 heterocycles. The molecule has 3 nitrogen and oxygen atoms in total. The molecule has 1 aromatic rings. The summed E-state index contributed by atoms with van der Waals surface area (Å²) >= 11 is 4.57. The van der Waals surface area contributed by atoms with Crippen LogP contribution in [0, 0.1) is 10.7 Å². The highest BCUT2D eigenvalue weighted by molar-refractivity contribution is 7.71. The fraction of sp³-hybridized carbons (Fsp3) is 0. The van der Waals surface area contributed by atoms with E-state index in [2.05, 4.69) is 28.3 Å². The van der Waals surface area contributed by atoms with Gasteiger partial charge in [0.25, 0.3) is 0 Å². The van der Waals surface area contributed by atoms with Gasteiger partial charge in [-0.1, -0.05) is 12.2 Å². The van der Waals surface area contributed by atoms with Crippen LogP contribution in [-0.2, 0) is 0 Å². The van der Waals surface area contributed by atoms with E-state index in [-0.39, 0.29) is 5.69 Å². The molecule has 0 amide bonds. The maximum atomic E-state index is 10.3. The summed E-state index contributed by atoms with van der Waals surface area (Å²) in [6.07, 6.45) is 1.38. The van der Waals surface area contributed by atoms with E-state index in [1.807, 2.05) is 0 Å². The number of hydrogen-bond donors (Lipinski definition) is 2. The Hall–Kier alpha value is -0.900. The summed E-state index contributed by atoms with van der Waals surface area (Å²) in [6.45, 7) is 0. The molecule has 8 heavy (non-hydrogen) atoms. The van der Waals surface area contributed by atoms with Crippen molar-refractivity contribution in [1.82, 2.24) is 9.97 Å². The molecule has 4 heteroatoms. The first-order valence-electron chi connectivity index (χ1n) is 1.99. The van der Waals surface area contributed by atoms with Gasteiger partial charge in [0.2, 0.25) is 0 Å². The highest BCUT2D eigenvalue weighted by Gasteiger charge is 1.75. The molecule has 0 aliphatic rings. The smallest absolute Gasteiger partial charge is 0.314 e. The largest absolute Gasteiger partial charge is 0.323 e. The second kappa shape index (κ2) is 1.92. The van der Waals surface area contributed by atoms with Crippen LogP contribution in [0.15, 0.2) is 11.0 Å². The highest BCUT2D eigenvalue weighted by atomic mass is 32.1. The Balaban J connectivity index is 3.50. The Morgan fingerprint density at radius 1 is 1.75 bits per heavy atom. The van der Waals surface area contributed by atoms with Crippen LogP contribution >= 0.6 is 12.2 Å². The quantitative estimate of drug-likeness (QED) is 0.490. The first-order chi connectivity index (χ1) is 3.79. The van der Waals surface area contributed by atoms with Crippen LogP contribution in [0.25, 0.3) is 0 Å². The zero-order valence-corrected chi connectivity index (χ0v) is 4.71. The molecular formula is C4H3N2OS. The Morgan fingerprint density at radius 2 is 2.50 bits per heavy atom. The molecule has 1 rings (SSSR count). The van der Waals surface area contributed by atoms with Crippen LogP contribution in [0.3, 0.4) is 0 Å². The van der Waals surface area contributed by atoms with E-state index in [0.717, 1.165) is 0 Å². The van der Waals surface area contributed by atoms with E-state index in [9.17, 15) is 4.79 Å². The molecule has 0 saturated carbocycles. The van der Waals surface area contributed by atoms with Crippen molar-refractivity contribution in [2.75, 3.05) is 0 Å². The number of hydrogen-bond acceptors (Lipinski definition) is 2. The van der Waals surface area contributed by atoms with Gasteiger partial charge < -0.3 is 4.98 Å². The van der Waals surface area contributed by atoms with Crippen molar-refractivity contribution < 1.29 is 0 Å². The van der Waals surface area contributed by atoms with Crippen molar-refractivity contribution in [1.29, 1.82) is 0 Å². The minimum Gasteiger partial charge on any atom is -0.314 e. The lowest BCUT2D eigenvalue weighted by Crippen LogP contribution is -2.07.